The molecule has 1 unspecified atom stereocenters. The molecule has 2 rings (SSSR count). The van der Waals surface area contributed by atoms with Crippen LogP contribution >= 0.6 is 0 Å². The molecule has 26 heavy (non-hydrogen) atoms. The lowest BCUT2D eigenvalue weighted by Crippen LogP contribution is -2.29. The number of carbonyl (C=O) groups is 1. The van der Waals surface area contributed by atoms with Gasteiger partial charge >= 0.3 is 0 Å². The van der Waals surface area contributed by atoms with Gasteiger partial charge in [0.25, 0.3) is 5.91 Å². The second-order valence-electron chi connectivity index (χ2n) is 5.72. The molecule has 0 saturated carbocycles. The van der Waals surface area contributed by atoms with Gasteiger partial charge in [-0.2, -0.15) is 0 Å². The van der Waals surface area contributed by atoms with E-state index in [4.69, 9.17) is 5.21 Å². The third-order valence-corrected chi connectivity index (χ3v) is 4.02. The van der Waals surface area contributed by atoms with Gasteiger partial charge in [-0.05, 0) is 24.6 Å². The average molecular weight is 356 g/mol. The fourth-order valence-electron chi connectivity index (χ4n) is 2.45. The molecular formula is C18H20N4O4. The van der Waals surface area contributed by atoms with Crippen LogP contribution in [0.25, 0.3) is 10.9 Å². The van der Waals surface area contributed by atoms with E-state index in [2.05, 4.69) is 15.5 Å². The number of hydrogen-bond acceptors (Lipinski definition) is 6. The van der Waals surface area contributed by atoms with Gasteiger partial charge in [0.15, 0.2) is 0 Å². The number of benzene rings is 1. The SMILES string of the molecule is CCC(=CC(CNC(=O)c1cnc2ccccc2c1)=NO)C(C)[N+](=O)[O-]. The number of pyridine rings is 1. The predicted molar refractivity (Wildman–Crippen MR) is 98.1 cm³/mol. The van der Waals surface area contributed by atoms with Crippen LogP contribution in [0.1, 0.15) is 30.6 Å². The molecule has 0 bridgehead atoms. The molecule has 0 aliphatic rings. The monoisotopic (exact) mass is 356 g/mol. The Hall–Kier alpha value is -3.29. The summed E-state index contributed by atoms with van der Waals surface area (Å²) in [6.07, 6.45) is 3.34. The summed E-state index contributed by atoms with van der Waals surface area (Å²) in [6, 6.07) is 8.25. The number of amides is 1. The van der Waals surface area contributed by atoms with Crippen LogP contribution in [0.5, 0.6) is 0 Å². The molecule has 0 fully saturated rings. The summed E-state index contributed by atoms with van der Waals surface area (Å²) >= 11 is 0. The third kappa shape index (κ3) is 4.62. The quantitative estimate of drug-likeness (QED) is 0.342. The maximum Gasteiger partial charge on any atom is 0.253 e. The second-order valence-corrected chi connectivity index (χ2v) is 5.72. The maximum absolute atomic E-state index is 12.3. The molecule has 1 amide bonds. The molecule has 0 spiro atoms. The van der Waals surface area contributed by atoms with Crippen LogP contribution in [0, 0.1) is 10.1 Å². The Morgan fingerprint density at radius 3 is 2.85 bits per heavy atom. The van der Waals surface area contributed by atoms with E-state index < -0.39 is 11.0 Å². The molecule has 0 radical (unpaired) electrons. The highest BCUT2D eigenvalue weighted by molar-refractivity contribution is 6.02. The summed E-state index contributed by atoms with van der Waals surface area (Å²) < 4.78 is 0. The van der Waals surface area contributed by atoms with Gasteiger partial charge in [-0.1, -0.05) is 30.3 Å². The Morgan fingerprint density at radius 1 is 1.46 bits per heavy atom. The number of para-hydroxylation sites is 1. The van der Waals surface area contributed by atoms with Crippen LogP contribution in [0.15, 0.2) is 53.3 Å². The summed E-state index contributed by atoms with van der Waals surface area (Å²) in [6.45, 7) is 3.18. The highest BCUT2D eigenvalue weighted by Crippen LogP contribution is 2.13. The molecule has 1 heterocycles. The van der Waals surface area contributed by atoms with Crippen molar-refractivity contribution in [1.82, 2.24) is 10.3 Å². The first kappa shape index (κ1) is 19.0. The first-order chi connectivity index (χ1) is 12.5. The molecule has 1 aromatic heterocycles. The smallest absolute Gasteiger partial charge is 0.253 e. The average Bonchev–Trinajstić information content (AvgIpc) is 2.67. The summed E-state index contributed by atoms with van der Waals surface area (Å²) in [5.74, 6) is -0.377. The first-order valence-corrected chi connectivity index (χ1v) is 8.14. The molecule has 8 heteroatoms. The van der Waals surface area contributed by atoms with Gasteiger partial charge in [-0.3, -0.25) is 19.9 Å². The number of nitrogens with one attached hydrogen (secondary N) is 1. The van der Waals surface area contributed by atoms with E-state index in [-0.39, 0.29) is 18.2 Å². The minimum atomic E-state index is -0.892. The summed E-state index contributed by atoms with van der Waals surface area (Å²) in [4.78, 5) is 27.0. The van der Waals surface area contributed by atoms with Gasteiger partial charge in [-0.15, -0.1) is 0 Å². The number of hydrogen-bond donors (Lipinski definition) is 2. The lowest BCUT2D eigenvalue weighted by molar-refractivity contribution is -0.507. The van der Waals surface area contributed by atoms with Gasteiger partial charge in [0.05, 0.1) is 23.3 Å². The van der Waals surface area contributed by atoms with Crippen LogP contribution in [-0.2, 0) is 0 Å². The number of oxime groups is 1. The lowest BCUT2D eigenvalue weighted by atomic mass is 10.0. The highest BCUT2D eigenvalue weighted by atomic mass is 16.6. The van der Waals surface area contributed by atoms with Crippen molar-refractivity contribution in [2.75, 3.05) is 6.54 Å². The first-order valence-electron chi connectivity index (χ1n) is 8.14. The van der Waals surface area contributed by atoms with Crippen LogP contribution in [0.4, 0.5) is 0 Å². The van der Waals surface area contributed by atoms with Gasteiger partial charge in [0.1, 0.15) is 0 Å². The zero-order valence-corrected chi connectivity index (χ0v) is 14.5. The largest absolute Gasteiger partial charge is 0.411 e. The molecule has 0 aliphatic heterocycles. The second kappa shape index (κ2) is 8.70. The van der Waals surface area contributed by atoms with Crippen LogP contribution in [0.3, 0.4) is 0 Å². The Bertz CT molecular complexity index is 876. The van der Waals surface area contributed by atoms with Crippen LogP contribution < -0.4 is 5.32 Å². The summed E-state index contributed by atoms with van der Waals surface area (Å²) in [5.41, 5.74) is 1.80. The molecule has 0 aliphatic carbocycles. The topological polar surface area (TPSA) is 118 Å². The highest BCUT2D eigenvalue weighted by Gasteiger charge is 2.18. The zero-order chi connectivity index (χ0) is 19.1. The normalized spacial score (nSPS) is 13.5. The number of nitro groups is 1. The van der Waals surface area contributed by atoms with E-state index in [1.165, 1.54) is 19.2 Å². The maximum atomic E-state index is 12.3. The van der Waals surface area contributed by atoms with Crippen molar-refractivity contribution in [3.8, 4) is 0 Å². The minimum Gasteiger partial charge on any atom is -0.411 e. The molecule has 136 valence electrons. The fourth-order valence-corrected chi connectivity index (χ4v) is 2.45. The number of aromatic nitrogens is 1. The van der Waals surface area contributed by atoms with E-state index >= 15 is 0 Å². The van der Waals surface area contributed by atoms with Crippen molar-refractivity contribution >= 4 is 22.5 Å². The van der Waals surface area contributed by atoms with E-state index in [9.17, 15) is 14.9 Å². The van der Waals surface area contributed by atoms with Crippen molar-refractivity contribution in [2.24, 2.45) is 5.16 Å². The van der Waals surface area contributed by atoms with Gasteiger partial charge in [0.2, 0.25) is 6.04 Å². The molecule has 1 atom stereocenters. The van der Waals surface area contributed by atoms with Gasteiger partial charge < -0.3 is 10.5 Å². The molecule has 2 N–H and O–H groups in total. The van der Waals surface area contributed by atoms with E-state index in [1.54, 1.807) is 13.0 Å². The predicted octanol–water partition coefficient (Wildman–Crippen LogP) is 2.80. The van der Waals surface area contributed by atoms with Crippen molar-refractivity contribution < 1.29 is 14.9 Å². The number of rotatable bonds is 7. The van der Waals surface area contributed by atoms with Crippen LogP contribution in [0.2, 0.25) is 0 Å². The zero-order valence-electron chi connectivity index (χ0n) is 14.5. The van der Waals surface area contributed by atoms with Gasteiger partial charge in [0, 0.05) is 29.0 Å². The Balaban J connectivity index is 2.09. The number of nitrogens with zero attached hydrogens (tertiary/aromatic N) is 3. The molecule has 1 aromatic carbocycles. The standard InChI is InChI=1S/C18H20N4O4/c1-3-13(12(2)22(25)26)9-16(21-24)11-20-18(23)15-8-14-6-4-5-7-17(14)19-10-15/h4-10,12,24H,3,11H2,1-2H3,(H,20,23). The Morgan fingerprint density at radius 2 is 2.19 bits per heavy atom. The van der Waals surface area contributed by atoms with Crippen LogP contribution in [-0.4, -0.2) is 39.3 Å². The molecule has 0 saturated heterocycles. The van der Waals surface area contributed by atoms with Crippen molar-refractivity contribution in [3.05, 3.63) is 63.9 Å². The lowest BCUT2D eigenvalue weighted by Gasteiger charge is -2.09. The van der Waals surface area contributed by atoms with Crippen molar-refractivity contribution in [2.45, 2.75) is 26.3 Å². The number of fused-ring (bicyclic) bond motifs is 1. The van der Waals surface area contributed by atoms with Crippen molar-refractivity contribution in [1.29, 1.82) is 0 Å². The van der Waals surface area contributed by atoms with E-state index in [1.807, 2.05) is 24.3 Å². The van der Waals surface area contributed by atoms with E-state index in [0.717, 1.165) is 10.9 Å². The minimum absolute atomic E-state index is 0.0594. The Labute approximate surface area is 150 Å². The summed E-state index contributed by atoms with van der Waals surface area (Å²) in [7, 11) is 0. The van der Waals surface area contributed by atoms with Gasteiger partial charge in [-0.25, -0.2) is 0 Å². The molecule has 8 nitrogen and oxygen atoms in total. The number of carbonyl (C=O) groups excluding carboxylic acids is 1. The molecular weight excluding hydrogens is 336 g/mol. The molecule has 2 aromatic rings. The Kier molecular flexibility index (Phi) is 6.37. The fraction of sp³-hybridized carbons (Fsp3) is 0.278. The van der Waals surface area contributed by atoms with E-state index in [0.29, 0.717) is 17.6 Å². The summed E-state index contributed by atoms with van der Waals surface area (Å²) in [5, 5.41) is 26.6. The van der Waals surface area contributed by atoms with Crippen molar-refractivity contribution in [3.63, 3.8) is 0 Å². The third-order valence-electron chi connectivity index (χ3n) is 4.02.